The first-order chi connectivity index (χ1) is 6.18. The highest BCUT2D eigenvalue weighted by atomic mass is 32.1. The van der Waals surface area contributed by atoms with Gasteiger partial charge >= 0.3 is 0 Å². The van der Waals surface area contributed by atoms with E-state index >= 15 is 0 Å². The summed E-state index contributed by atoms with van der Waals surface area (Å²) in [5.74, 6) is 0. The predicted octanol–water partition coefficient (Wildman–Crippen LogP) is 2.30. The van der Waals surface area contributed by atoms with Crippen LogP contribution in [0.25, 0.3) is 0 Å². The molecule has 0 aliphatic carbocycles. The molecule has 13 heavy (non-hydrogen) atoms. The summed E-state index contributed by atoms with van der Waals surface area (Å²) >= 11 is 4.24. The van der Waals surface area contributed by atoms with Crippen LogP contribution in [0.1, 0.15) is 18.9 Å². The van der Waals surface area contributed by atoms with Crippen molar-refractivity contribution in [2.24, 2.45) is 0 Å². The molecule has 2 atom stereocenters. The molecule has 2 heteroatoms. The molecule has 0 amide bonds. The topological polar surface area (TPSA) is 20.2 Å². The van der Waals surface area contributed by atoms with Crippen LogP contribution in [-0.4, -0.2) is 16.5 Å². The van der Waals surface area contributed by atoms with Gasteiger partial charge in [-0.15, -0.1) is 0 Å². The molecular weight excluding hydrogens is 180 g/mol. The van der Waals surface area contributed by atoms with Gasteiger partial charge in [-0.1, -0.05) is 37.3 Å². The molecule has 72 valence electrons. The average Bonchev–Trinajstić information content (AvgIpc) is 2.04. The Morgan fingerprint density at radius 2 is 1.92 bits per heavy atom. The van der Waals surface area contributed by atoms with Crippen LogP contribution in [0.15, 0.2) is 30.3 Å². The lowest BCUT2D eigenvalue weighted by molar-refractivity contribution is 0.166. The molecule has 1 N–H and O–H groups in total. The quantitative estimate of drug-likeness (QED) is 0.708. The molecule has 1 aromatic carbocycles. The first-order valence-corrected chi connectivity index (χ1v) is 5.10. The van der Waals surface area contributed by atoms with Gasteiger partial charge < -0.3 is 5.11 Å². The number of hydrogen-bond acceptors (Lipinski definition) is 2. The van der Waals surface area contributed by atoms with Gasteiger partial charge in [-0.2, -0.15) is 12.6 Å². The molecule has 2 unspecified atom stereocenters. The van der Waals surface area contributed by atoms with Crippen LogP contribution in [0.3, 0.4) is 0 Å². The fourth-order valence-electron chi connectivity index (χ4n) is 1.36. The van der Waals surface area contributed by atoms with Crippen molar-refractivity contribution in [1.29, 1.82) is 0 Å². The summed E-state index contributed by atoms with van der Waals surface area (Å²) in [5.41, 5.74) is 1.18. The minimum absolute atomic E-state index is 0.263. The molecule has 0 aliphatic heterocycles. The molecule has 1 nitrogen and oxygen atoms in total. The van der Waals surface area contributed by atoms with Gasteiger partial charge in [0, 0.05) is 5.25 Å². The van der Waals surface area contributed by atoms with Gasteiger partial charge in [0.05, 0.1) is 6.10 Å². The maximum atomic E-state index is 9.62. The van der Waals surface area contributed by atoms with Crippen molar-refractivity contribution in [2.75, 3.05) is 0 Å². The summed E-state index contributed by atoms with van der Waals surface area (Å²) in [6, 6.07) is 10.0. The Hall–Kier alpha value is -0.470. The number of benzene rings is 1. The number of aliphatic hydroxyl groups is 1. The summed E-state index contributed by atoms with van der Waals surface area (Å²) in [7, 11) is 0. The largest absolute Gasteiger partial charge is 0.393 e. The van der Waals surface area contributed by atoms with Crippen LogP contribution >= 0.6 is 12.6 Å². The Labute approximate surface area is 85.2 Å². The Morgan fingerprint density at radius 3 is 2.46 bits per heavy atom. The number of rotatable bonds is 4. The van der Waals surface area contributed by atoms with E-state index in [4.69, 9.17) is 0 Å². The second kappa shape index (κ2) is 5.30. The fourth-order valence-corrected chi connectivity index (χ4v) is 1.61. The fraction of sp³-hybridized carbons (Fsp3) is 0.455. The molecule has 1 rings (SSSR count). The predicted molar refractivity (Wildman–Crippen MR) is 59.2 cm³/mol. The van der Waals surface area contributed by atoms with Crippen LogP contribution in [0, 0.1) is 0 Å². The molecule has 0 bridgehead atoms. The molecule has 0 spiro atoms. The van der Waals surface area contributed by atoms with Crippen molar-refractivity contribution >= 4 is 12.6 Å². The zero-order chi connectivity index (χ0) is 9.68. The highest BCUT2D eigenvalue weighted by Crippen LogP contribution is 2.09. The van der Waals surface area contributed by atoms with Gasteiger partial charge in [0.1, 0.15) is 0 Å². The Morgan fingerprint density at radius 1 is 1.31 bits per heavy atom. The summed E-state index contributed by atoms with van der Waals surface area (Å²) in [5, 5.41) is 9.89. The van der Waals surface area contributed by atoms with E-state index in [1.807, 2.05) is 37.3 Å². The Bertz CT molecular complexity index is 233. The lowest BCUT2D eigenvalue weighted by atomic mass is 10.0. The highest BCUT2D eigenvalue weighted by Gasteiger charge is 2.07. The van der Waals surface area contributed by atoms with Crippen molar-refractivity contribution in [2.45, 2.75) is 31.1 Å². The number of hydrogen-bond donors (Lipinski definition) is 2. The van der Waals surface area contributed by atoms with Crippen molar-refractivity contribution < 1.29 is 5.11 Å². The molecular formula is C11H16OS. The average molecular weight is 196 g/mol. The van der Waals surface area contributed by atoms with Crippen molar-refractivity contribution in [3.63, 3.8) is 0 Å². The summed E-state index contributed by atoms with van der Waals surface area (Å²) in [6.07, 6.45) is 1.21. The monoisotopic (exact) mass is 196 g/mol. The number of aliphatic hydroxyl groups excluding tert-OH is 1. The molecule has 0 heterocycles. The minimum atomic E-state index is -0.269. The van der Waals surface area contributed by atoms with E-state index in [1.54, 1.807) is 0 Å². The summed E-state index contributed by atoms with van der Waals surface area (Å²) in [4.78, 5) is 0. The molecule has 0 fully saturated rings. The first kappa shape index (κ1) is 10.6. The van der Waals surface area contributed by atoms with Crippen LogP contribution in [0.5, 0.6) is 0 Å². The van der Waals surface area contributed by atoms with Gasteiger partial charge in [-0.25, -0.2) is 0 Å². The van der Waals surface area contributed by atoms with Crippen molar-refractivity contribution in [3.8, 4) is 0 Å². The van der Waals surface area contributed by atoms with E-state index in [1.165, 1.54) is 5.56 Å². The van der Waals surface area contributed by atoms with Crippen LogP contribution < -0.4 is 0 Å². The minimum Gasteiger partial charge on any atom is -0.393 e. The van der Waals surface area contributed by atoms with E-state index in [-0.39, 0.29) is 11.4 Å². The summed E-state index contributed by atoms with van der Waals surface area (Å²) in [6.45, 7) is 2.00. The van der Waals surface area contributed by atoms with Crippen LogP contribution in [0.2, 0.25) is 0 Å². The molecule has 1 aromatic rings. The number of thiol groups is 1. The molecule has 0 radical (unpaired) electrons. The van der Waals surface area contributed by atoms with Gasteiger partial charge in [-0.3, -0.25) is 0 Å². The zero-order valence-corrected chi connectivity index (χ0v) is 8.74. The normalized spacial score (nSPS) is 15.3. The Kier molecular flexibility index (Phi) is 4.33. The van der Waals surface area contributed by atoms with Gasteiger partial charge in [-0.05, 0) is 18.4 Å². The smallest absolute Gasteiger partial charge is 0.0590 e. The third-order valence-corrected chi connectivity index (χ3v) is 2.14. The van der Waals surface area contributed by atoms with E-state index in [2.05, 4.69) is 12.6 Å². The first-order valence-electron chi connectivity index (χ1n) is 4.58. The van der Waals surface area contributed by atoms with E-state index in [9.17, 15) is 5.11 Å². The molecule has 0 aliphatic rings. The highest BCUT2D eigenvalue weighted by molar-refractivity contribution is 7.80. The van der Waals surface area contributed by atoms with Gasteiger partial charge in [0.15, 0.2) is 0 Å². The standard InChI is InChI=1S/C11H16OS/c1-9(13)7-11(12)8-10-5-3-2-4-6-10/h2-6,9,11-13H,7-8H2,1H3. The maximum absolute atomic E-state index is 9.62. The molecule has 0 aromatic heterocycles. The molecule has 0 saturated carbocycles. The van der Waals surface area contributed by atoms with Crippen molar-refractivity contribution in [1.82, 2.24) is 0 Å². The zero-order valence-electron chi connectivity index (χ0n) is 7.85. The lowest BCUT2D eigenvalue weighted by Gasteiger charge is -2.12. The van der Waals surface area contributed by atoms with Gasteiger partial charge in [0.25, 0.3) is 0 Å². The van der Waals surface area contributed by atoms with Crippen LogP contribution in [0.4, 0.5) is 0 Å². The van der Waals surface area contributed by atoms with E-state index in [0.717, 1.165) is 12.8 Å². The lowest BCUT2D eigenvalue weighted by Crippen LogP contribution is -2.14. The second-order valence-electron chi connectivity index (χ2n) is 3.43. The maximum Gasteiger partial charge on any atom is 0.0590 e. The molecule has 0 saturated heterocycles. The Balaban J connectivity index is 2.41. The third-order valence-electron chi connectivity index (χ3n) is 1.93. The van der Waals surface area contributed by atoms with Crippen molar-refractivity contribution in [3.05, 3.63) is 35.9 Å². The van der Waals surface area contributed by atoms with Crippen LogP contribution in [-0.2, 0) is 6.42 Å². The third kappa shape index (κ3) is 4.34. The van der Waals surface area contributed by atoms with Gasteiger partial charge in [0.2, 0.25) is 0 Å². The van der Waals surface area contributed by atoms with E-state index in [0.29, 0.717) is 0 Å². The second-order valence-corrected chi connectivity index (χ2v) is 4.31. The summed E-state index contributed by atoms with van der Waals surface area (Å²) < 4.78 is 0. The van der Waals surface area contributed by atoms with E-state index < -0.39 is 0 Å². The SMILES string of the molecule is CC(S)CC(O)Cc1ccccc1.